The Morgan fingerprint density at radius 2 is 1.79 bits per heavy atom. The van der Waals surface area contributed by atoms with Crippen molar-refractivity contribution in [2.75, 3.05) is 61.1 Å². The summed E-state index contributed by atoms with van der Waals surface area (Å²) >= 11 is 0. The Morgan fingerprint density at radius 1 is 1.07 bits per heavy atom. The molecule has 1 N–H and O–H groups in total. The van der Waals surface area contributed by atoms with E-state index in [4.69, 9.17) is 18.9 Å². The van der Waals surface area contributed by atoms with Crippen LogP contribution in [0.15, 0.2) is 0 Å². The Labute approximate surface area is 258 Å². The molecular formula is C34H67N3O5. The van der Waals surface area contributed by atoms with Crippen LogP contribution in [0.2, 0.25) is 0 Å². The molecule has 3 rings (SSSR count). The molecule has 0 spiro atoms. The van der Waals surface area contributed by atoms with Crippen molar-refractivity contribution in [3.05, 3.63) is 0 Å². The maximum Gasteiger partial charge on any atom is 0.185 e. The highest BCUT2D eigenvalue weighted by atomic mass is 16.7. The number of rotatable bonds is 8. The molecule has 248 valence electrons. The summed E-state index contributed by atoms with van der Waals surface area (Å²) in [6.07, 6.45) is 5.93. The Balaban J connectivity index is 1.79. The van der Waals surface area contributed by atoms with E-state index in [1.54, 1.807) is 0 Å². The summed E-state index contributed by atoms with van der Waals surface area (Å²) in [5.74, 6) is 0.557. The summed E-state index contributed by atoms with van der Waals surface area (Å²) in [4.78, 5) is 7.27. The molecule has 3 fully saturated rings. The first-order chi connectivity index (χ1) is 19.7. The number of aliphatic hydroxyl groups excluding tert-OH is 1. The lowest BCUT2D eigenvalue weighted by atomic mass is 9.75. The summed E-state index contributed by atoms with van der Waals surface area (Å²) in [5, 5.41) is 11.3. The van der Waals surface area contributed by atoms with Crippen molar-refractivity contribution >= 4 is 0 Å². The molecule has 10 atom stereocenters. The predicted octanol–water partition coefficient (Wildman–Crippen LogP) is 4.88. The third-order valence-corrected chi connectivity index (χ3v) is 10.5. The Morgan fingerprint density at radius 3 is 2.40 bits per heavy atom. The first-order valence-corrected chi connectivity index (χ1v) is 16.9. The molecule has 8 heteroatoms. The van der Waals surface area contributed by atoms with Gasteiger partial charge in [0.25, 0.3) is 0 Å². The van der Waals surface area contributed by atoms with E-state index in [1.807, 2.05) is 21.2 Å². The number of methoxy groups -OCH3 is 1. The minimum absolute atomic E-state index is 0.00712. The zero-order valence-electron chi connectivity index (χ0n) is 29.1. The van der Waals surface area contributed by atoms with Crippen LogP contribution < -0.4 is 0 Å². The van der Waals surface area contributed by atoms with E-state index in [2.05, 4.69) is 70.2 Å². The van der Waals surface area contributed by atoms with Crippen molar-refractivity contribution in [1.82, 2.24) is 14.7 Å². The maximum atomic E-state index is 11.3. The van der Waals surface area contributed by atoms with Crippen molar-refractivity contribution < 1.29 is 24.1 Å². The van der Waals surface area contributed by atoms with E-state index in [9.17, 15) is 5.11 Å². The fraction of sp³-hybridized carbons (Fsp3) is 1.00. The number of hydrogen-bond acceptors (Lipinski definition) is 8. The summed E-state index contributed by atoms with van der Waals surface area (Å²) in [7, 11) is 8.12. The molecule has 3 aliphatic rings. The lowest BCUT2D eigenvalue weighted by Crippen LogP contribution is -2.58. The van der Waals surface area contributed by atoms with E-state index in [1.165, 1.54) is 32.4 Å². The van der Waals surface area contributed by atoms with Gasteiger partial charge in [-0.15, -0.1) is 0 Å². The molecule has 0 aromatic carbocycles. The Hall–Kier alpha value is -0.320. The van der Waals surface area contributed by atoms with Gasteiger partial charge in [0.15, 0.2) is 6.29 Å². The molecule has 0 unspecified atom stereocenters. The van der Waals surface area contributed by atoms with E-state index in [0.29, 0.717) is 18.6 Å². The van der Waals surface area contributed by atoms with Gasteiger partial charge in [0, 0.05) is 31.8 Å². The maximum absolute atomic E-state index is 11.3. The van der Waals surface area contributed by atoms with Crippen LogP contribution in [0.4, 0.5) is 0 Å². The van der Waals surface area contributed by atoms with Crippen LogP contribution >= 0.6 is 0 Å². The normalized spacial score (nSPS) is 41.8. The smallest absolute Gasteiger partial charge is 0.185 e. The number of nitrogens with zero attached hydrogens (tertiary/aromatic N) is 3. The summed E-state index contributed by atoms with van der Waals surface area (Å²) in [6.45, 7) is 20.7. The number of ether oxygens (including phenoxy) is 4. The van der Waals surface area contributed by atoms with E-state index in [0.717, 1.165) is 44.9 Å². The zero-order chi connectivity index (χ0) is 31.2. The molecule has 0 radical (unpaired) electrons. The summed E-state index contributed by atoms with van der Waals surface area (Å²) in [5.41, 5.74) is -0.571. The fourth-order valence-corrected chi connectivity index (χ4v) is 8.19. The van der Waals surface area contributed by atoms with Crippen LogP contribution in [0.25, 0.3) is 0 Å². The minimum Gasteiger partial charge on any atom is -0.386 e. The number of aliphatic hydroxyl groups is 1. The number of hydrogen-bond donors (Lipinski definition) is 1. The largest absolute Gasteiger partial charge is 0.386 e. The molecule has 3 aliphatic heterocycles. The van der Waals surface area contributed by atoms with Crippen molar-refractivity contribution in [2.24, 2.45) is 17.3 Å². The van der Waals surface area contributed by atoms with E-state index < -0.39 is 18.0 Å². The number of likely N-dealkylation sites (tertiary alicyclic amines) is 1. The van der Waals surface area contributed by atoms with Gasteiger partial charge in [-0.1, -0.05) is 27.7 Å². The van der Waals surface area contributed by atoms with Gasteiger partial charge in [-0.05, 0) is 117 Å². The fourth-order valence-electron chi connectivity index (χ4n) is 8.19. The van der Waals surface area contributed by atoms with Crippen molar-refractivity contribution in [3.8, 4) is 0 Å². The minimum atomic E-state index is -0.724. The molecule has 8 nitrogen and oxygen atoms in total. The topological polar surface area (TPSA) is 66.9 Å². The highest BCUT2D eigenvalue weighted by molar-refractivity contribution is 4.95. The van der Waals surface area contributed by atoms with Crippen molar-refractivity contribution in [3.63, 3.8) is 0 Å². The molecule has 0 amide bonds. The lowest BCUT2D eigenvalue weighted by molar-refractivity contribution is -0.298. The van der Waals surface area contributed by atoms with Crippen LogP contribution in [0.1, 0.15) is 93.4 Å². The molecule has 42 heavy (non-hydrogen) atoms. The monoisotopic (exact) mass is 598 g/mol. The molecule has 0 bridgehead atoms. The second-order valence-electron chi connectivity index (χ2n) is 15.6. The van der Waals surface area contributed by atoms with Gasteiger partial charge in [0.05, 0.1) is 31.0 Å². The third kappa shape index (κ3) is 9.84. The van der Waals surface area contributed by atoms with Crippen molar-refractivity contribution in [2.45, 2.75) is 142 Å². The van der Waals surface area contributed by atoms with E-state index >= 15 is 0 Å². The van der Waals surface area contributed by atoms with Gasteiger partial charge in [0.2, 0.25) is 0 Å². The summed E-state index contributed by atoms with van der Waals surface area (Å²) < 4.78 is 26.0. The first kappa shape index (κ1) is 36.2. The standard InChI is InChI=1S/C34H67N3O5/c1-24-19-34(7,39-11)31(42-32-30(38)29(35(8)9)18-27(4)41-32)25(2)20-33(5,6)23-40-22-28(36(10)21-24)15-13-17-37-16-12-14-26(37)3/h24-32,38H,12-23H2,1-11H3/t24-,25-,26-,27-,28+,29+,30-,31-,32+,34-/m1/s1. The number of likely N-dealkylation sites (N-methyl/N-ethyl adjacent to an activating group) is 2. The van der Waals surface area contributed by atoms with Gasteiger partial charge < -0.3 is 38.8 Å². The molecule has 0 aromatic heterocycles. The van der Waals surface area contributed by atoms with Crippen LogP contribution in [0.5, 0.6) is 0 Å². The molecule has 0 aromatic rings. The zero-order valence-corrected chi connectivity index (χ0v) is 29.1. The molecule has 0 saturated carbocycles. The quantitative estimate of drug-likeness (QED) is 0.425. The van der Waals surface area contributed by atoms with Gasteiger partial charge in [-0.2, -0.15) is 0 Å². The Kier molecular flexibility index (Phi) is 13.6. The van der Waals surface area contributed by atoms with Crippen LogP contribution in [-0.2, 0) is 18.9 Å². The van der Waals surface area contributed by atoms with Gasteiger partial charge in [-0.25, -0.2) is 0 Å². The average Bonchev–Trinajstić information content (AvgIpc) is 3.30. The highest BCUT2D eigenvalue weighted by Crippen LogP contribution is 2.39. The van der Waals surface area contributed by atoms with E-state index in [-0.39, 0.29) is 29.6 Å². The average molecular weight is 598 g/mol. The van der Waals surface area contributed by atoms with Crippen molar-refractivity contribution in [1.29, 1.82) is 0 Å². The molecule has 0 aliphatic carbocycles. The summed E-state index contributed by atoms with van der Waals surface area (Å²) in [6, 6.07) is 1.11. The second-order valence-corrected chi connectivity index (χ2v) is 15.6. The molecule has 3 heterocycles. The second kappa shape index (κ2) is 15.8. The van der Waals surface area contributed by atoms with Crippen LogP contribution in [0.3, 0.4) is 0 Å². The van der Waals surface area contributed by atoms with Gasteiger partial charge >= 0.3 is 0 Å². The molecular weight excluding hydrogens is 530 g/mol. The van der Waals surface area contributed by atoms with Gasteiger partial charge in [-0.3, -0.25) is 0 Å². The first-order valence-electron chi connectivity index (χ1n) is 16.9. The third-order valence-electron chi connectivity index (χ3n) is 10.5. The predicted molar refractivity (Wildman–Crippen MR) is 171 cm³/mol. The molecule has 3 saturated heterocycles. The lowest BCUT2D eigenvalue weighted by Gasteiger charge is -2.47. The highest BCUT2D eigenvalue weighted by Gasteiger charge is 2.47. The van der Waals surface area contributed by atoms with Gasteiger partial charge in [0.1, 0.15) is 6.10 Å². The van der Waals surface area contributed by atoms with Crippen LogP contribution in [-0.4, -0.2) is 129 Å². The SMILES string of the molecule is CO[C@]1(C)C[C@@H](C)CN(C)[C@@H](CCCN2CCC[C@H]2C)COCC(C)(C)C[C@@H](C)[C@H]1O[C@@H]1O[C@H](C)C[C@H](N(C)C)[C@H]1O. The van der Waals surface area contributed by atoms with Crippen LogP contribution in [0, 0.1) is 17.3 Å². The Bertz CT molecular complexity index is 799.